The van der Waals surface area contributed by atoms with Crippen LogP contribution in [0, 0.1) is 15.9 Å². The number of nitro groups is 1. The molecule has 0 N–H and O–H groups in total. The molecule has 0 aliphatic carbocycles. The van der Waals surface area contributed by atoms with Crippen molar-refractivity contribution in [2.45, 2.75) is 26.3 Å². The van der Waals surface area contributed by atoms with E-state index in [0.29, 0.717) is 10.9 Å². The second kappa shape index (κ2) is 5.60. The molecule has 0 atom stereocenters. The Morgan fingerprint density at radius 1 is 1.41 bits per heavy atom. The van der Waals surface area contributed by atoms with E-state index in [-0.39, 0.29) is 22.5 Å². The van der Waals surface area contributed by atoms with Gasteiger partial charge in [0.25, 0.3) is 5.69 Å². The van der Waals surface area contributed by atoms with Crippen LogP contribution in [-0.4, -0.2) is 21.0 Å². The van der Waals surface area contributed by atoms with Crippen LogP contribution in [0.2, 0.25) is 0 Å². The molecule has 6 nitrogen and oxygen atoms in total. The Hall–Kier alpha value is -2.09. The molecular weight excluding hydrogens is 357 g/mol. The molecular formula is C14H13BrFN3O3. The molecule has 116 valence electrons. The van der Waals surface area contributed by atoms with Crippen molar-refractivity contribution in [2.24, 2.45) is 0 Å². The number of nitro benzene ring substituents is 1. The predicted octanol–water partition coefficient (Wildman–Crippen LogP) is 3.93. The van der Waals surface area contributed by atoms with Crippen LogP contribution in [0.1, 0.15) is 31.1 Å². The fraction of sp³-hybridized carbons (Fsp3) is 0.286. The quantitative estimate of drug-likeness (QED) is 0.466. The van der Waals surface area contributed by atoms with E-state index in [2.05, 4.69) is 21.0 Å². The second-order valence-corrected chi connectivity index (χ2v) is 6.43. The molecule has 1 heterocycles. The van der Waals surface area contributed by atoms with E-state index >= 15 is 0 Å². The summed E-state index contributed by atoms with van der Waals surface area (Å²) in [6.07, 6.45) is 0.549. The van der Waals surface area contributed by atoms with Gasteiger partial charge in [-0.25, -0.2) is 4.39 Å². The average molecular weight is 370 g/mol. The van der Waals surface area contributed by atoms with Crippen molar-refractivity contribution >= 4 is 27.9 Å². The first-order valence-electron chi connectivity index (χ1n) is 6.35. The van der Waals surface area contributed by atoms with Gasteiger partial charge in [-0.05, 0) is 42.8 Å². The first-order chi connectivity index (χ1) is 10.2. The number of rotatable bonds is 3. The molecule has 22 heavy (non-hydrogen) atoms. The molecule has 0 aliphatic heterocycles. The molecule has 0 bridgehead atoms. The highest BCUT2D eigenvalue weighted by Crippen LogP contribution is 2.34. The monoisotopic (exact) mass is 369 g/mol. The van der Waals surface area contributed by atoms with Crippen LogP contribution in [0.5, 0.6) is 0 Å². The van der Waals surface area contributed by atoms with Crippen LogP contribution >= 0.6 is 15.9 Å². The highest BCUT2D eigenvalue weighted by Gasteiger charge is 2.26. The molecule has 0 radical (unpaired) electrons. The van der Waals surface area contributed by atoms with Gasteiger partial charge in [0.05, 0.1) is 16.0 Å². The molecule has 2 aromatic rings. The van der Waals surface area contributed by atoms with Crippen molar-refractivity contribution < 1.29 is 14.1 Å². The van der Waals surface area contributed by atoms with Crippen LogP contribution in [0.15, 0.2) is 22.8 Å². The maximum Gasteiger partial charge on any atom is 0.270 e. The highest BCUT2D eigenvalue weighted by atomic mass is 79.9. The molecule has 0 saturated heterocycles. The van der Waals surface area contributed by atoms with Crippen molar-refractivity contribution in [1.29, 1.82) is 0 Å². The van der Waals surface area contributed by atoms with Gasteiger partial charge in [-0.2, -0.15) is 5.10 Å². The first-order valence-corrected chi connectivity index (χ1v) is 7.14. The van der Waals surface area contributed by atoms with Gasteiger partial charge < -0.3 is 0 Å². The van der Waals surface area contributed by atoms with E-state index in [1.165, 1.54) is 4.68 Å². The maximum absolute atomic E-state index is 14.1. The standard InChI is InChI=1S/C14H13BrFN3O3/c1-14(2,3)18-13(15)10(7-20)12(17-18)9-6-8(19(21)22)4-5-11(9)16/h4-7H,1-3H3. The summed E-state index contributed by atoms with van der Waals surface area (Å²) in [5, 5.41) is 15.1. The van der Waals surface area contributed by atoms with Gasteiger partial charge in [0, 0.05) is 17.7 Å². The topological polar surface area (TPSA) is 78.0 Å². The lowest BCUT2D eigenvalue weighted by Crippen LogP contribution is -2.23. The van der Waals surface area contributed by atoms with Gasteiger partial charge in [-0.15, -0.1) is 0 Å². The first kappa shape index (κ1) is 16.3. The van der Waals surface area contributed by atoms with Crippen LogP contribution in [0.25, 0.3) is 11.3 Å². The van der Waals surface area contributed by atoms with Gasteiger partial charge >= 0.3 is 0 Å². The average Bonchev–Trinajstić information content (AvgIpc) is 2.75. The Balaban J connectivity index is 2.75. The number of aldehydes is 1. The number of aromatic nitrogens is 2. The highest BCUT2D eigenvalue weighted by molar-refractivity contribution is 9.10. The van der Waals surface area contributed by atoms with E-state index in [0.717, 1.165) is 18.2 Å². The predicted molar refractivity (Wildman–Crippen MR) is 82.4 cm³/mol. The zero-order valence-electron chi connectivity index (χ0n) is 12.1. The normalized spacial score (nSPS) is 11.5. The Morgan fingerprint density at radius 3 is 2.55 bits per heavy atom. The summed E-state index contributed by atoms with van der Waals surface area (Å²) in [5.41, 5.74) is -0.589. The molecule has 0 spiro atoms. The Labute approximate surface area is 134 Å². The third-order valence-corrected chi connectivity index (χ3v) is 3.80. The lowest BCUT2D eigenvalue weighted by Gasteiger charge is -2.20. The summed E-state index contributed by atoms with van der Waals surface area (Å²) in [7, 11) is 0. The summed E-state index contributed by atoms with van der Waals surface area (Å²) in [6, 6.07) is 3.13. The van der Waals surface area contributed by atoms with Crippen molar-refractivity contribution in [3.8, 4) is 11.3 Å². The van der Waals surface area contributed by atoms with Gasteiger partial charge in [-0.1, -0.05) is 0 Å². The zero-order chi connectivity index (χ0) is 16.7. The Bertz CT molecular complexity index is 765. The second-order valence-electron chi connectivity index (χ2n) is 5.67. The molecule has 1 aromatic carbocycles. The molecule has 2 rings (SSSR count). The fourth-order valence-electron chi connectivity index (χ4n) is 1.97. The van der Waals surface area contributed by atoms with Crippen molar-refractivity contribution in [3.05, 3.63) is 44.3 Å². The number of hydrogen-bond donors (Lipinski definition) is 0. The molecule has 0 saturated carbocycles. The largest absolute Gasteiger partial charge is 0.298 e. The SMILES string of the molecule is CC(C)(C)n1nc(-c2cc([N+](=O)[O-])ccc2F)c(C=O)c1Br. The summed E-state index contributed by atoms with van der Waals surface area (Å²) in [4.78, 5) is 21.6. The zero-order valence-corrected chi connectivity index (χ0v) is 13.7. The van der Waals surface area contributed by atoms with E-state index < -0.39 is 16.3 Å². The van der Waals surface area contributed by atoms with Crippen LogP contribution < -0.4 is 0 Å². The molecule has 8 heteroatoms. The van der Waals surface area contributed by atoms with Crippen molar-refractivity contribution in [2.75, 3.05) is 0 Å². The van der Waals surface area contributed by atoms with E-state index in [1.807, 2.05) is 20.8 Å². The number of non-ortho nitro benzene ring substituents is 1. The van der Waals surface area contributed by atoms with Gasteiger partial charge in [0.2, 0.25) is 0 Å². The number of hydrogen-bond acceptors (Lipinski definition) is 4. The Kier molecular flexibility index (Phi) is 4.15. The van der Waals surface area contributed by atoms with Crippen LogP contribution in [-0.2, 0) is 5.54 Å². The minimum atomic E-state index is -0.681. The molecule has 1 aromatic heterocycles. The van der Waals surface area contributed by atoms with Crippen LogP contribution in [0.3, 0.4) is 0 Å². The third kappa shape index (κ3) is 2.78. The molecule has 0 aliphatic rings. The lowest BCUT2D eigenvalue weighted by molar-refractivity contribution is -0.384. The minimum absolute atomic E-state index is 0.0676. The summed E-state index contributed by atoms with van der Waals surface area (Å²) >= 11 is 3.28. The minimum Gasteiger partial charge on any atom is -0.298 e. The number of benzene rings is 1. The maximum atomic E-state index is 14.1. The summed E-state index contributed by atoms with van der Waals surface area (Å²) < 4.78 is 16.0. The van der Waals surface area contributed by atoms with Crippen LogP contribution in [0.4, 0.5) is 10.1 Å². The van der Waals surface area contributed by atoms with E-state index in [4.69, 9.17) is 0 Å². The smallest absolute Gasteiger partial charge is 0.270 e. The van der Waals surface area contributed by atoms with E-state index in [9.17, 15) is 19.3 Å². The summed E-state index contributed by atoms with van der Waals surface area (Å²) in [6.45, 7) is 5.60. The summed E-state index contributed by atoms with van der Waals surface area (Å²) in [5.74, 6) is -0.681. The number of nitrogens with zero attached hydrogens (tertiary/aromatic N) is 3. The van der Waals surface area contributed by atoms with Gasteiger partial charge in [-0.3, -0.25) is 19.6 Å². The van der Waals surface area contributed by atoms with Crippen molar-refractivity contribution in [3.63, 3.8) is 0 Å². The fourth-order valence-corrected chi connectivity index (χ4v) is 2.86. The molecule has 0 unspecified atom stereocenters. The molecule has 0 fully saturated rings. The van der Waals surface area contributed by atoms with Gasteiger partial charge in [0.15, 0.2) is 6.29 Å². The molecule has 0 amide bonds. The number of carbonyl (C=O) groups excluding carboxylic acids is 1. The van der Waals surface area contributed by atoms with E-state index in [1.54, 1.807) is 0 Å². The third-order valence-electron chi connectivity index (χ3n) is 3.03. The van der Waals surface area contributed by atoms with Crippen molar-refractivity contribution in [1.82, 2.24) is 9.78 Å². The number of halogens is 2. The number of carbonyl (C=O) groups is 1. The Morgan fingerprint density at radius 2 is 2.05 bits per heavy atom. The van der Waals surface area contributed by atoms with Gasteiger partial charge in [0.1, 0.15) is 16.1 Å². The lowest BCUT2D eigenvalue weighted by atomic mass is 10.1.